The number of carbonyl (C=O) groups excluding carboxylic acids is 2. The summed E-state index contributed by atoms with van der Waals surface area (Å²) in [4.78, 5) is 35.1. The van der Waals surface area contributed by atoms with E-state index in [1.807, 2.05) is 32.9 Å². The molecule has 136 valence electrons. The lowest BCUT2D eigenvalue weighted by Crippen LogP contribution is -2.34. The zero-order valence-corrected chi connectivity index (χ0v) is 15.0. The zero-order valence-electron chi connectivity index (χ0n) is 15.0. The summed E-state index contributed by atoms with van der Waals surface area (Å²) in [6, 6.07) is 6.98. The van der Waals surface area contributed by atoms with Crippen LogP contribution in [-0.4, -0.2) is 28.9 Å². The maximum absolute atomic E-state index is 12.3. The first-order valence-corrected chi connectivity index (χ1v) is 8.57. The minimum absolute atomic E-state index is 0.0245. The summed E-state index contributed by atoms with van der Waals surface area (Å²) in [5, 5.41) is 14.8. The van der Waals surface area contributed by atoms with Crippen LogP contribution < -0.4 is 10.6 Å². The summed E-state index contributed by atoms with van der Waals surface area (Å²) in [5.41, 5.74) is 1.01. The van der Waals surface area contributed by atoms with Gasteiger partial charge >= 0.3 is 5.97 Å². The normalized spacial score (nSPS) is 20.1. The van der Waals surface area contributed by atoms with Crippen molar-refractivity contribution in [2.75, 3.05) is 0 Å². The van der Waals surface area contributed by atoms with Crippen LogP contribution in [0.4, 0.5) is 0 Å². The molecule has 0 aromatic heterocycles. The van der Waals surface area contributed by atoms with Gasteiger partial charge in [0.2, 0.25) is 5.91 Å². The van der Waals surface area contributed by atoms with Gasteiger partial charge in [0.15, 0.2) is 0 Å². The lowest BCUT2D eigenvalue weighted by atomic mass is 9.95. The van der Waals surface area contributed by atoms with E-state index in [0.717, 1.165) is 5.56 Å². The molecule has 1 aliphatic carbocycles. The molecule has 1 saturated carbocycles. The molecule has 3 N–H and O–H groups in total. The van der Waals surface area contributed by atoms with E-state index < -0.39 is 11.4 Å². The van der Waals surface area contributed by atoms with E-state index in [4.69, 9.17) is 5.11 Å². The maximum atomic E-state index is 12.3. The van der Waals surface area contributed by atoms with Crippen LogP contribution in [0.3, 0.4) is 0 Å². The zero-order chi connectivity index (χ0) is 18.6. The number of hydrogen-bond donors (Lipinski definition) is 3. The van der Waals surface area contributed by atoms with Crippen LogP contribution in [0, 0.1) is 11.3 Å². The molecule has 25 heavy (non-hydrogen) atoms. The number of carbonyl (C=O) groups is 3. The first-order chi connectivity index (χ1) is 11.7. The quantitative estimate of drug-likeness (QED) is 0.762. The summed E-state index contributed by atoms with van der Waals surface area (Å²) >= 11 is 0. The average Bonchev–Trinajstić information content (AvgIpc) is 3.01. The van der Waals surface area contributed by atoms with Crippen molar-refractivity contribution in [3.8, 4) is 0 Å². The summed E-state index contributed by atoms with van der Waals surface area (Å²) in [7, 11) is 0. The van der Waals surface area contributed by atoms with Gasteiger partial charge in [-0.05, 0) is 37.0 Å². The van der Waals surface area contributed by atoms with Gasteiger partial charge in [0.1, 0.15) is 0 Å². The number of carboxylic acid groups (broad SMARTS) is 1. The topological polar surface area (TPSA) is 95.5 Å². The lowest BCUT2D eigenvalue weighted by Gasteiger charge is -2.17. The number of nitrogens with one attached hydrogen (secondary N) is 2. The lowest BCUT2D eigenvalue weighted by molar-refractivity contribution is -0.141. The molecule has 1 aliphatic rings. The molecule has 0 unspecified atom stereocenters. The van der Waals surface area contributed by atoms with Crippen molar-refractivity contribution in [1.82, 2.24) is 10.6 Å². The van der Waals surface area contributed by atoms with Crippen LogP contribution in [0.25, 0.3) is 0 Å². The average molecular weight is 346 g/mol. The van der Waals surface area contributed by atoms with Crippen LogP contribution in [0.1, 0.15) is 56.0 Å². The second kappa shape index (κ2) is 7.68. The molecule has 2 atom stereocenters. The standard InChI is InChI=1S/C19H26N2O4/c1-19(2,3)18(25)20-11-12-4-6-13(7-5-12)16(22)21-15-9-8-14(10-15)17(23)24/h4-7,14-15H,8-11H2,1-3H3,(H,20,25)(H,21,22)(H,23,24)/t14-,15+/m1/s1. The largest absolute Gasteiger partial charge is 0.481 e. The van der Waals surface area contributed by atoms with Crippen molar-refractivity contribution in [3.63, 3.8) is 0 Å². The Labute approximate surface area is 148 Å². The van der Waals surface area contributed by atoms with Crippen molar-refractivity contribution in [1.29, 1.82) is 0 Å². The summed E-state index contributed by atoms with van der Waals surface area (Å²) < 4.78 is 0. The fourth-order valence-corrected chi connectivity index (χ4v) is 2.83. The molecular weight excluding hydrogens is 320 g/mol. The minimum Gasteiger partial charge on any atom is -0.481 e. The molecule has 1 aromatic carbocycles. The summed E-state index contributed by atoms with van der Waals surface area (Å²) in [5.74, 6) is -1.37. The van der Waals surface area contributed by atoms with Crippen molar-refractivity contribution in [3.05, 3.63) is 35.4 Å². The number of aliphatic carboxylic acids is 1. The number of rotatable bonds is 5. The fourth-order valence-electron chi connectivity index (χ4n) is 2.83. The SMILES string of the molecule is CC(C)(C)C(=O)NCc1ccc(C(=O)N[C@H]2CC[C@@H](C(=O)O)C2)cc1. The Morgan fingerprint density at radius 3 is 2.28 bits per heavy atom. The molecule has 0 aliphatic heterocycles. The van der Waals surface area contributed by atoms with Crippen LogP contribution in [-0.2, 0) is 16.1 Å². The Morgan fingerprint density at radius 2 is 1.76 bits per heavy atom. The Bertz CT molecular complexity index is 646. The van der Waals surface area contributed by atoms with Crippen LogP contribution in [0.2, 0.25) is 0 Å². The van der Waals surface area contributed by atoms with Gasteiger partial charge in [-0.15, -0.1) is 0 Å². The molecule has 0 heterocycles. The second-order valence-electron chi connectivity index (χ2n) is 7.65. The van der Waals surface area contributed by atoms with Gasteiger partial charge in [0, 0.05) is 23.6 Å². The van der Waals surface area contributed by atoms with E-state index in [1.54, 1.807) is 12.1 Å². The molecule has 6 heteroatoms. The van der Waals surface area contributed by atoms with Crippen LogP contribution in [0.5, 0.6) is 0 Å². The third kappa shape index (κ3) is 5.31. The third-order valence-electron chi connectivity index (χ3n) is 4.47. The monoisotopic (exact) mass is 346 g/mol. The highest BCUT2D eigenvalue weighted by Crippen LogP contribution is 2.25. The third-order valence-corrected chi connectivity index (χ3v) is 4.47. The molecule has 1 fully saturated rings. The summed E-state index contributed by atoms with van der Waals surface area (Å²) in [6.07, 6.45) is 1.78. The van der Waals surface area contributed by atoms with Crippen LogP contribution in [0.15, 0.2) is 24.3 Å². The van der Waals surface area contributed by atoms with E-state index in [9.17, 15) is 14.4 Å². The Balaban J connectivity index is 1.86. The molecule has 6 nitrogen and oxygen atoms in total. The second-order valence-corrected chi connectivity index (χ2v) is 7.65. The van der Waals surface area contributed by atoms with Crippen LogP contribution >= 0.6 is 0 Å². The van der Waals surface area contributed by atoms with Crippen molar-refractivity contribution in [2.45, 2.75) is 52.6 Å². The molecule has 2 rings (SSSR count). The Kier molecular flexibility index (Phi) is 5.82. The van der Waals surface area contributed by atoms with Gasteiger partial charge in [-0.25, -0.2) is 0 Å². The van der Waals surface area contributed by atoms with E-state index in [2.05, 4.69) is 10.6 Å². The highest BCUT2D eigenvalue weighted by Gasteiger charge is 2.30. The number of amides is 2. The van der Waals surface area contributed by atoms with E-state index in [0.29, 0.717) is 31.4 Å². The Morgan fingerprint density at radius 1 is 1.12 bits per heavy atom. The first-order valence-electron chi connectivity index (χ1n) is 8.57. The van der Waals surface area contributed by atoms with Gasteiger partial charge < -0.3 is 15.7 Å². The van der Waals surface area contributed by atoms with E-state index in [1.165, 1.54) is 0 Å². The highest BCUT2D eigenvalue weighted by molar-refractivity contribution is 5.94. The first kappa shape index (κ1) is 19.0. The van der Waals surface area contributed by atoms with Gasteiger partial charge in [0.05, 0.1) is 5.92 Å². The predicted octanol–water partition coefficient (Wildman–Crippen LogP) is 2.33. The number of carboxylic acids is 1. The van der Waals surface area contributed by atoms with Crippen molar-refractivity contribution < 1.29 is 19.5 Å². The van der Waals surface area contributed by atoms with Gasteiger partial charge in [-0.3, -0.25) is 14.4 Å². The van der Waals surface area contributed by atoms with E-state index >= 15 is 0 Å². The number of hydrogen-bond acceptors (Lipinski definition) is 3. The van der Waals surface area contributed by atoms with Gasteiger partial charge in [0.25, 0.3) is 5.91 Å². The van der Waals surface area contributed by atoms with Crippen molar-refractivity contribution >= 4 is 17.8 Å². The molecule has 0 spiro atoms. The van der Waals surface area contributed by atoms with Crippen molar-refractivity contribution in [2.24, 2.45) is 11.3 Å². The summed E-state index contributed by atoms with van der Waals surface area (Å²) in [6.45, 7) is 5.98. The van der Waals surface area contributed by atoms with Gasteiger partial charge in [-0.2, -0.15) is 0 Å². The maximum Gasteiger partial charge on any atom is 0.306 e. The molecule has 0 bridgehead atoms. The number of benzene rings is 1. The molecule has 0 saturated heterocycles. The smallest absolute Gasteiger partial charge is 0.306 e. The highest BCUT2D eigenvalue weighted by atomic mass is 16.4. The minimum atomic E-state index is -0.793. The van der Waals surface area contributed by atoms with E-state index in [-0.39, 0.29) is 23.8 Å². The molecule has 2 amide bonds. The predicted molar refractivity (Wildman–Crippen MR) is 94.0 cm³/mol. The molecular formula is C19H26N2O4. The fraction of sp³-hybridized carbons (Fsp3) is 0.526. The molecule has 0 radical (unpaired) electrons. The Hall–Kier alpha value is -2.37. The van der Waals surface area contributed by atoms with Gasteiger partial charge in [-0.1, -0.05) is 32.9 Å². The molecule has 1 aromatic rings.